The molecule has 0 aliphatic heterocycles. The van der Waals surface area contributed by atoms with E-state index in [1.807, 2.05) is 6.92 Å². The molecule has 0 aliphatic carbocycles. The van der Waals surface area contributed by atoms with Crippen molar-refractivity contribution < 1.29 is 19.6 Å². The van der Waals surface area contributed by atoms with Crippen molar-refractivity contribution in [3.63, 3.8) is 0 Å². The van der Waals surface area contributed by atoms with E-state index >= 15 is 0 Å². The average molecular weight is 310 g/mol. The number of rotatable bonds is 10. The van der Waals surface area contributed by atoms with Crippen LogP contribution < -0.4 is 10.5 Å². The maximum Gasteiger partial charge on any atom is 0.303 e. The van der Waals surface area contributed by atoms with Gasteiger partial charge in [-0.15, -0.1) is 0 Å². The predicted octanol–water partition coefficient (Wildman–Crippen LogP) is 2.44. The standard InChI is InChI=1S/C15H22N2O5/c1-11(7-12(10-16)8-15(18)19)5-6-22-14-4-2-3-13(9-14)17(20)21/h2-4,9,11-12H,5-8,10,16H2,1H3,(H,18,19). The lowest BCUT2D eigenvalue weighted by Crippen LogP contribution is -2.21. The maximum atomic E-state index is 10.7. The highest BCUT2D eigenvalue weighted by atomic mass is 16.6. The fourth-order valence-electron chi connectivity index (χ4n) is 2.26. The fraction of sp³-hybridized carbons (Fsp3) is 0.533. The summed E-state index contributed by atoms with van der Waals surface area (Å²) >= 11 is 0. The molecule has 22 heavy (non-hydrogen) atoms. The quantitative estimate of drug-likeness (QED) is 0.506. The van der Waals surface area contributed by atoms with E-state index in [1.54, 1.807) is 12.1 Å². The summed E-state index contributed by atoms with van der Waals surface area (Å²) in [5.74, 6) is -0.144. The van der Waals surface area contributed by atoms with Crippen molar-refractivity contribution >= 4 is 11.7 Å². The maximum absolute atomic E-state index is 10.7. The zero-order chi connectivity index (χ0) is 16.5. The Bertz CT molecular complexity index is 506. The van der Waals surface area contributed by atoms with E-state index in [1.165, 1.54) is 12.1 Å². The van der Waals surface area contributed by atoms with Crippen LogP contribution in [0.15, 0.2) is 24.3 Å². The number of non-ortho nitro benzene ring substituents is 1. The molecule has 3 N–H and O–H groups in total. The van der Waals surface area contributed by atoms with Gasteiger partial charge in [0.05, 0.1) is 17.6 Å². The molecule has 122 valence electrons. The molecule has 1 rings (SSSR count). The predicted molar refractivity (Wildman–Crippen MR) is 81.8 cm³/mol. The number of benzene rings is 1. The summed E-state index contributed by atoms with van der Waals surface area (Å²) in [5.41, 5.74) is 5.57. The number of carbonyl (C=O) groups is 1. The van der Waals surface area contributed by atoms with Crippen molar-refractivity contribution in [1.82, 2.24) is 0 Å². The van der Waals surface area contributed by atoms with E-state index in [0.29, 0.717) is 18.9 Å². The molecular formula is C15H22N2O5. The number of aliphatic carboxylic acids is 1. The van der Waals surface area contributed by atoms with Crippen molar-refractivity contribution in [3.05, 3.63) is 34.4 Å². The largest absolute Gasteiger partial charge is 0.493 e. The molecule has 1 aromatic carbocycles. The molecule has 0 radical (unpaired) electrons. The first-order valence-electron chi connectivity index (χ1n) is 7.21. The number of carboxylic acids is 1. The normalized spacial score (nSPS) is 13.4. The van der Waals surface area contributed by atoms with Crippen LogP contribution in [0.2, 0.25) is 0 Å². The summed E-state index contributed by atoms with van der Waals surface area (Å²) in [6, 6.07) is 6.05. The Morgan fingerprint density at radius 3 is 2.82 bits per heavy atom. The Balaban J connectivity index is 2.38. The van der Waals surface area contributed by atoms with Crippen molar-refractivity contribution in [2.24, 2.45) is 17.6 Å². The molecule has 0 saturated heterocycles. The summed E-state index contributed by atoms with van der Waals surface area (Å²) in [6.45, 7) is 2.79. The van der Waals surface area contributed by atoms with Gasteiger partial charge in [0.2, 0.25) is 0 Å². The fourth-order valence-corrected chi connectivity index (χ4v) is 2.26. The van der Waals surface area contributed by atoms with Crippen molar-refractivity contribution in [3.8, 4) is 5.75 Å². The number of hydrogen-bond donors (Lipinski definition) is 2. The van der Waals surface area contributed by atoms with Crippen LogP contribution in [0.5, 0.6) is 5.75 Å². The van der Waals surface area contributed by atoms with E-state index < -0.39 is 10.9 Å². The summed E-state index contributed by atoms with van der Waals surface area (Å²) in [4.78, 5) is 20.9. The number of ether oxygens (including phenoxy) is 1. The third kappa shape index (κ3) is 6.53. The lowest BCUT2D eigenvalue weighted by molar-refractivity contribution is -0.384. The molecule has 2 atom stereocenters. The molecule has 0 heterocycles. The minimum atomic E-state index is -0.838. The van der Waals surface area contributed by atoms with E-state index in [-0.39, 0.29) is 23.9 Å². The first kappa shape index (κ1) is 17.9. The molecule has 7 heteroatoms. The molecule has 7 nitrogen and oxygen atoms in total. The van der Waals surface area contributed by atoms with Crippen LogP contribution in [0.25, 0.3) is 0 Å². The first-order chi connectivity index (χ1) is 10.4. The zero-order valence-electron chi connectivity index (χ0n) is 12.6. The highest BCUT2D eigenvalue weighted by Crippen LogP contribution is 2.21. The molecule has 0 aromatic heterocycles. The lowest BCUT2D eigenvalue weighted by Gasteiger charge is -2.18. The van der Waals surface area contributed by atoms with Crippen molar-refractivity contribution in [2.45, 2.75) is 26.2 Å². The Hall–Kier alpha value is -2.15. The minimum Gasteiger partial charge on any atom is -0.493 e. The highest BCUT2D eigenvalue weighted by Gasteiger charge is 2.15. The van der Waals surface area contributed by atoms with Gasteiger partial charge < -0.3 is 15.6 Å². The van der Waals surface area contributed by atoms with Crippen LogP contribution in [0.1, 0.15) is 26.2 Å². The molecule has 0 spiro atoms. The number of hydrogen-bond acceptors (Lipinski definition) is 5. The van der Waals surface area contributed by atoms with Gasteiger partial charge >= 0.3 is 5.97 Å². The van der Waals surface area contributed by atoms with Gasteiger partial charge in [-0.3, -0.25) is 14.9 Å². The van der Waals surface area contributed by atoms with E-state index in [0.717, 1.165) is 12.8 Å². The Morgan fingerprint density at radius 2 is 2.23 bits per heavy atom. The van der Waals surface area contributed by atoms with Crippen LogP contribution in [0, 0.1) is 22.0 Å². The second kappa shape index (κ2) is 8.99. The van der Waals surface area contributed by atoms with Gasteiger partial charge in [-0.2, -0.15) is 0 Å². The third-order valence-corrected chi connectivity index (χ3v) is 3.44. The molecular weight excluding hydrogens is 288 g/mol. The average Bonchev–Trinajstić information content (AvgIpc) is 2.46. The second-order valence-electron chi connectivity index (χ2n) is 5.43. The van der Waals surface area contributed by atoms with Gasteiger partial charge in [0, 0.05) is 12.5 Å². The molecule has 0 saturated carbocycles. The van der Waals surface area contributed by atoms with Crippen LogP contribution in [-0.4, -0.2) is 29.2 Å². The second-order valence-corrected chi connectivity index (χ2v) is 5.43. The smallest absolute Gasteiger partial charge is 0.303 e. The summed E-state index contributed by atoms with van der Waals surface area (Å²) in [5, 5.41) is 19.5. The van der Waals surface area contributed by atoms with E-state index in [4.69, 9.17) is 15.6 Å². The van der Waals surface area contributed by atoms with E-state index in [9.17, 15) is 14.9 Å². The molecule has 0 fully saturated rings. The number of nitro groups is 1. The monoisotopic (exact) mass is 310 g/mol. The first-order valence-corrected chi connectivity index (χ1v) is 7.21. The van der Waals surface area contributed by atoms with Crippen molar-refractivity contribution in [2.75, 3.05) is 13.2 Å². The Kier molecular flexibility index (Phi) is 7.31. The topological polar surface area (TPSA) is 116 Å². The SMILES string of the molecule is CC(CCOc1cccc([N+](=O)[O-])c1)CC(CN)CC(=O)O. The molecule has 0 bridgehead atoms. The number of carboxylic acid groups (broad SMARTS) is 1. The zero-order valence-corrected chi connectivity index (χ0v) is 12.6. The Labute approximate surface area is 129 Å². The Morgan fingerprint density at radius 1 is 1.50 bits per heavy atom. The van der Waals surface area contributed by atoms with E-state index in [2.05, 4.69) is 0 Å². The van der Waals surface area contributed by atoms with Crippen LogP contribution in [-0.2, 0) is 4.79 Å². The molecule has 2 unspecified atom stereocenters. The summed E-state index contributed by atoms with van der Waals surface area (Å²) in [6.07, 6.45) is 1.53. The van der Waals surface area contributed by atoms with Gasteiger partial charge in [0.1, 0.15) is 5.75 Å². The highest BCUT2D eigenvalue weighted by molar-refractivity contribution is 5.67. The number of nitrogens with zero attached hydrogens (tertiary/aromatic N) is 1. The molecule has 0 aliphatic rings. The number of nitro benzene ring substituents is 1. The van der Waals surface area contributed by atoms with Crippen LogP contribution in [0.4, 0.5) is 5.69 Å². The molecule has 1 aromatic rings. The van der Waals surface area contributed by atoms with Gasteiger partial charge in [0.15, 0.2) is 0 Å². The minimum absolute atomic E-state index is 0.00444. The van der Waals surface area contributed by atoms with Crippen molar-refractivity contribution in [1.29, 1.82) is 0 Å². The van der Waals surface area contributed by atoms with Crippen LogP contribution in [0.3, 0.4) is 0 Å². The third-order valence-electron chi connectivity index (χ3n) is 3.44. The van der Waals surface area contributed by atoms with Crippen LogP contribution >= 0.6 is 0 Å². The van der Waals surface area contributed by atoms with Gasteiger partial charge in [-0.25, -0.2) is 0 Å². The lowest BCUT2D eigenvalue weighted by atomic mass is 9.91. The molecule has 0 amide bonds. The summed E-state index contributed by atoms with van der Waals surface area (Å²) < 4.78 is 5.51. The van der Waals surface area contributed by atoms with Gasteiger partial charge in [-0.05, 0) is 37.3 Å². The summed E-state index contributed by atoms with van der Waals surface area (Å²) in [7, 11) is 0. The van der Waals surface area contributed by atoms with Gasteiger partial charge in [0.25, 0.3) is 5.69 Å². The number of nitrogens with two attached hydrogens (primary N) is 1. The van der Waals surface area contributed by atoms with Gasteiger partial charge in [-0.1, -0.05) is 13.0 Å².